The van der Waals surface area contributed by atoms with Gasteiger partial charge in [0, 0.05) is 32.6 Å². The molecule has 2 rings (SSSR count). The van der Waals surface area contributed by atoms with Crippen LogP contribution in [-0.2, 0) is 16.1 Å². The number of amides is 2. The minimum absolute atomic E-state index is 0.0306. The van der Waals surface area contributed by atoms with Crippen LogP contribution in [0.1, 0.15) is 45.6 Å². The van der Waals surface area contributed by atoms with Crippen LogP contribution in [0.2, 0.25) is 0 Å². The molecular weight excluding hydrogens is 396 g/mol. The number of rotatable bonds is 6. The molecule has 2 unspecified atom stereocenters. The van der Waals surface area contributed by atoms with E-state index >= 15 is 0 Å². The molecule has 1 aliphatic carbocycles. The van der Waals surface area contributed by atoms with Gasteiger partial charge in [-0.2, -0.15) is 0 Å². The molecule has 1 fully saturated rings. The number of amidine groups is 1. The van der Waals surface area contributed by atoms with Gasteiger partial charge in [-0.25, -0.2) is 9.59 Å². The lowest BCUT2D eigenvalue weighted by Gasteiger charge is -2.38. The van der Waals surface area contributed by atoms with Crippen molar-refractivity contribution >= 4 is 18.0 Å². The summed E-state index contributed by atoms with van der Waals surface area (Å²) in [5.41, 5.74) is 0.327. The molecule has 0 spiro atoms. The highest BCUT2D eigenvalue weighted by Gasteiger charge is 2.35. The minimum atomic E-state index is -0.594. The Morgan fingerprint density at radius 3 is 2.42 bits per heavy atom. The van der Waals surface area contributed by atoms with Crippen molar-refractivity contribution in [1.82, 2.24) is 15.5 Å². The van der Waals surface area contributed by atoms with Gasteiger partial charge in [0.1, 0.15) is 12.2 Å². The van der Waals surface area contributed by atoms with Gasteiger partial charge in [0.05, 0.1) is 5.84 Å². The highest BCUT2D eigenvalue weighted by Crippen LogP contribution is 2.30. The predicted molar refractivity (Wildman–Crippen MR) is 120 cm³/mol. The van der Waals surface area contributed by atoms with Crippen molar-refractivity contribution in [3.05, 3.63) is 35.9 Å². The highest BCUT2D eigenvalue weighted by atomic mass is 16.6. The SMILES string of the molecule is CN(C)C(=N)C1CCC(CNC(=O)OCc2ccccc2)[C@@H](NC(=O)OC(C)(C)C)C1. The minimum Gasteiger partial charge on any atom is -0.445 e. The van der Waals surface area contributed by atoms with Gasteiger partial charge in [-0.3, -0.25) is 5.41 Å². The van der Waals surface area contributed by atoms with Crippen molar-refractivity contribution in [2.45, 2.75) is 58.3 Å². The van der Waals surface area contributed by atoms with Crippen LogP contribution in [-0.4, -0.2) is 55.2 Å². The molecule has 1 aromatic rings. The van der Waals surface area contributed by atoms with Gasteiger partial charge in [0.15, 0.2) is 0 Å². The molecule has 31 heavy (non-hydrogen) atoms. The number of alkyl carbamates (subject to hydrolysis) is 2. The van der Waals surface area contributed by atoms with Gasteiger partial charge in [0.2, 0.25) is 0 Å². The normalized spacial score (nSPS) is 21.0. The van der Waals surface area contributed by atoms with Crippen LogP contribution in [0.3, 0.4) is 0 Å². The second-order valence-electron chi connectivity index (χ2n) is 9.25. The number of nitrogens with zero attached hydrogens (tertiary/aromatic N) is 1. The first-order valence-corrected chi connectivity index (χ1v) is 10.7. The van der Waals surface area contributed by atoms with E-state index in [1.807, 2.05) is 65.2 Å². The molecule has 0 bridgehead atoms. The van der Waals surface area contributed by atoms with Crippen LogP contribution in [0.15, 0.2) is 30.3 Å². The highest BCUT2D eigenvalue weighted by molar-refractivity contribution is 5.81. The molecule has 0 radical (unpaired) electrons. The first-order chi connectivity index (χ1) is 14.5. The van der Waals surface area contributed by atoms with E-state index in [9.17, 15) is 9.59 Å². The molecular formula is C23H36N4O4. The monoisotopic (exact) mass is 432 g/mol. The van der Waals surface area contributed by atoms with Crippen LogP contribution < -0.4 is 10.6 Å². The number of carbonyl (C=O) groups is 2. The Bertz CT molecular complexity index is 746. The fourth-order valence-electron chi connectivity index (χ4n) is 3.72. The van der Waals surface area contributed by atoms with Crippen LogP contribution in [0, 0.1) is 17.2 Å². The Balaban J connectivity index is 1.93. The van der Waals surface area contributed by atoms with Gasteiger partial charge in [-0.1, -0.05) is 30.3 Å². The molecule has 1 saturated carbocycles. The molecule has 172 valence electrons. The van der Waals surface area contributed by atoms with Crippen molar-refractivity contribution < 1.29 is 19.1 Å². The number of benzene rings is 1. The second kappa shape index (κ2) is 11.0. The predicted octanol–water partition coefficient (Wildman–Crippen LogP) is 3.76. The summed E-state index contributed by atoms with van der Waals surface area (Å²) in [6.45, 7) is 6.05. The lowest BCUT2D eigenvalue weighted by molar-refractivity contribution is 0.0461. The Morgan fingerprint density at radius 2 is 1.81 bits per heavy atom. The first-order valence-electron chi connectivity index (χ1n) is 10.7. The van der Waals surface area contributed by atoms with E-state index < -0.39 is 17.8 Å². The molecule has 0 heterocycles. The topological polar surface area (TPSA) is 104 Å². The zero-order valence-corrected chi connectivity index (χ0v) is 19.2. The van der Waals surface area contributed by atoms with Crippen molar-refractivity contribution in [1.29, 1.82) is 5.41 Å². The number of hydrogen-bond donors (Lipinski definition) is 3. The van der Waals surface area contributed by atoms with E-state index in [2.05, 4.69) is 10.6 Å². The molecule has 0 aromatic heterocycles. The number of carbonyl (C=O) groups excluding carboxylic acids is 2. The van der Waals surface area contributed by atoms with E-state index in [0.717, 1.165) is 18.4 Å². The summed E-state index contributed by atoms with van der Waals surface area (Å²) < 4.78 is 10.7. The molecule has 0 aliphatic heterocycles. The summed E-state index contributed by atoms with van der Waals surface area (Å²) in [5.74, 6) is 0.629. The maximum Gasteiger partial charge on any atom is 0.407 e. The van der Waals surface area contributed by atoms with Gasteiger partial charge in [0.25, 0.3) is 0 Å². The van der Waals surface area contributed by atoms with E-state index in [1.54, 1.807) is 4.90 Å². The third-order valence-corrected chi connectivity index (χ3v) is 5.29. The Morgan fingerprint density at radius 1 is 1.13 bits per heavy atom. The van der Waals surface area contributed by atoms with E-state index in [-0.39, 0.29) is 24.5 Å². The number of nitrogens with one attached hydrogen (secondary N) is 3. The third kappa shape index (κ3) is 8.47. The second-order valence-corrected chi connectivity index (χ2v) is 9.25. The van der Waals surface area contributed by atoms with Crippen molar-refractivity contribution in [3.63, 3.8) is 0 Å². The van der Waals surface area contributed by atoms with Crippen molar-refractivity contribution in [2.24, 2.45) is 11.8 Å². The van der Waals surface area contributed by atoms with Crippen LogP contribution >= 0.6 is 0 Å². The molecule has 1 aromatic carbocycles. The van der Waals surface area contributed by atoms with Gasteiger partial charge >= 0.3 is 12.2 Å². The number of hydrogen-bond acceptors (Lipinski definition) is 5. The summed E-state index contributed by atoms with van der Waals surface area (Å²) in [7, 11) is 3.71. The first kappa shape index (κ1) is 24.5. The molecule has 3 atom stereocenters. The van der Waals surface area contributed by atoms with Crippen molar-refractivity contribution in [2.75, 3.05) is 20.6 Å². The zero-order chi connectivity index (χ0) is 23.0. The maximum absolute atomic E-state index is 12.4. The third-order valence-electron chi connectivity index (χ3n) is 5.29. The van der Waals surface area contributed by atoms with Crippen LogP contribution in [0.4, 0.5) is 9.59 Å². The Labute approximate surface area is 185 Å². The lowest BCUT2D eigenvalue weighted by atomic mass is 9.77. The summed E-state index contributed by atoms with van der Waals surface area (Å²) in [6, 6.07) is 9.29. The average molecular weight is 433 g/mol. The standard InChI is InChI=1S/C23H36N4O4/c1-23(2,3)31-22(29)26-19-13-17(20(24)27(4)5)11-12-18(19)14-25-21(28)30-15-16-9-7-6-8-10-16/h6-10,17-19,24H,11-15H2,1-5H3,(H,25,28)(H,26,29)/t17?,18?,19-/m0/s1. The molecule has 3 N–H and O–H groups in total. The molecule has 8 heteroatoms. The summed E-state index contributed by atoms with van der Waals surface area (Å²) >= 11 is 0. The fourth-order valence-corrected chi connectivity index (χ4v) is 3.72. The van der Waals surface area contributed by atoms with Crippen molar-refractivity contribution in [3.8, 4) is 0 Å². The molecule has 8 nitrogen and oxygen atoms in total. The van der Waals surface area contributed by atoms with E-state index in [0.29, 0.717) is 18.8 Å². The fraction of sp³-hybridized carbons (Fsp3) is 0.609. The number of ether oxygens (including phenoxy) is 2. The van der Waals surface area contributed by atoms with Gasteiger partial charge < -0.3 is 25.0 Å². The smallest absolute Gasteiger partial charge is 0.407 e. The van der Waals surface area contributed by atoms with Crippen LogP contribution in [0.25, 0.3) is 0 Å². The zero-order valence-electron chi connectivity index (χ0n) is 19.2. The van der Waals surface area contributed by atoms with Gasteiger partial charge in [-0.05, 0) is 51.5 Å². The average Bonchev–Trinajstić information content (AvgIpc) is 2.70. The lowest BCUT2D eigenvalue weighted by Crippen LogP contribution is -2.50. The Kier molecular flexibility index (Phi) is 8.71. The molecule has 1 aliphatic rings. The summed E-state index contributed by atoms with van der Waals surface area (Å²) in [5, 5.41) is 14.1. The summed E-state index contributed by atoms with van der Waals surface area (Å²) in [4.78, 5) is 26.3. The van der Waals surface area contributed by atoms with Crippen LogP contribution in [0.5, 0.6) is 0 Å². The molecule has 0 saturated heterocycles. The quantitative estimate of drug-likeness (QED) is 0.469. The van der Waals surface area contributed by atoms with E-state index in [4.69, 9.17) is 14.9 Å². The summed E-state index contributed by atoms with van der Waals surface area (Å²) in [6.07, 6.45) is 1.27. The maximum atomic E-state index is 12.4. The largest absolute Gasteiger partial charge is 0.445 e. The Hall–Kier alpha value is -2.77. The molecule has 2 amide bonds. The van der Waals surface area contributed by atoms with Gasteiger partial charge in [-0.15, -0.1) is 0 Å². The van der Waals surface area contributed by atoms with E-state index in [1.165, 1.54) is 0 Å².